The van der Waals surface area contributed by atoms with E-state index in [9.17, 15) is 14.4 Å². The van der Waals surface area contributed by atoms with Crippen molar-refractivity contribution in [3.63, 3.8) is 0 Å². The van der Waals surface area contributed by atoms with E-state index < -0.39 is 4.30 Å². The van der Waals surface area contributed by atoms with E-state index in [4.69, 9.17) is 91.2 Å². The average Bonchev–Trinajstić information content (AvgIpc) is 3.29. The van der Waals surface area contributed by atoms with Crippen molar-refractivity contribution in [2.45, 2.75) is 247 Å². The molecule has 1 heterocycles. The van der Waals surface area contributed by atoms with Crippen LogP contribution in [0.1, 0.15) is 238 Å². The molecule has 0 atom stereocenters. The zero-order chi connectivity index (χ0) is 53.3. The van der Waals surface area contributed by atoms with Gasteiger partial charge in [0.2, 0.25) is 0 Å². The van der Waals surface area contributed by atoms with Crippen molar-refractivity contribution in [3.8, 4) is 6.07 Å². The molecule has 1 aliphatic heterocycles. The van der Waals surface area contributed by atoms with E-state index in [2.05, 4.69) is 46.3 Å². The second-order valence-electron chi connectivity index (χ2n) is 14.3. The average molecular weight is 1080 g/mol. The Labute approximate surface area is 446 Å². The van der Waals surface area contributed by atoms with Crippen molar-refractivity contribution >= 4 is 98.7 Å². The molecule has 2 aliphatic rings. The van der Waals surface area contributed by atoms with Crippen LogP contribution in [0.3, 0.4) is 0 Å². The molecule has 1 aromatic rings. The summed E-state index contributed by atoms with van der Waals surface area (Å²) in [5.41, 5.74) is 0. The maximum Gasteiger partial charge on any atom is 0.302 e. The second-order valence-corrected chi connectivity index (χ2v) is 18.6. The maximum absolute atomic E-state index is 9.82. The van der Waals surface area contributed by atoms with Gasteiger partial charge in [0.25, 0.3) is 0 Å². The van der Waals surface area contributed by atoms with Gasteiger partial charge in [-0.25, -0.2) is 0 Å². The summed E-state index contributed by atoms with van der Waals surface area (Å²) in [5.74, 6) is 1.32. The van der Waals surface area contributed by atoms with Crippen LogP contribution in [-0.2, 0) is 23.9 Å². The van der Waals surface area contributed by atoms with Gasteiger partial charge in [0, 0.05) is 45.2 Å². The molecule has 0 aromatic heterocycles. The minimum Gasteiger partial charge on any atom is -0.466 e. The molecule has 66 heavy (non-hydrogen) atoms. The van der Waals surface area contributed by atoms with Gasteiger partial charge in [0.15, 0.2) is 4.30 Å². The van der Waals surface area contributed by atoms with E-state index in [1.54, 1.807) is 26.8 Å². The molecule has 3 rings (SSSR count). The third-order valence-electron chi connectivity index (χ3n) is 7.03. The van der Waals surface area contributed by atoms with Gasteiger partial charge in [-0.2, -0.15) is 5.26 Å². The van der Waals surface area contributed by atoms with Crippen LogP contribution in [0, 0.1) is 11.3 Å². The lowest BCUT2D eigenvalue weighted by Gasteiger charge is -2.08. The van der Waals surface area contributed by atoms with Crippen LogP contribution in [0.4, 0.5) is 0 Å². The fourth-order valence-corrected chi connectivity index (χ4v) is 3.87. The molecule has 1 saturated heterocycles. The van der Waals surface area contributed by atoms with Gasteiger partial charge in [-0.1, -0.05) is 235 Å². The highest BCUT2D eigenvalue weighted by atomic mass is 35.6. The molecule has 400 valence electrons. The second kappa shape index (κ2) is 102. The Bertz CT molecular complexity index is 845. The first-order chi connectivity index (χ1) is 31.3. The number of ketones is 2. The van der Waals surface area contributed by atoms with E-state index in [-0.39, 0.29) is 22.4 Å². The Morgan fingerprint density at radius 2 is 0.758 bits per heavy atom. The van der Waals surface area contributed by atoms with Gasteiger partial charge in [0.05, 0.1) is 12.7 Å². The molecule has 6 nitrogen and oxygen atoms in total. The number of hydrogen-bond donors (Lipinski definition) is 0. The van der Waals surface area contributed by atoms with Crippen molar-refractivity contribution in [1.82, 2.24) is 0 Å². The Balaban J connectivity index is -0.0000000647. The van der Waals surface area contributed by atoms with Crippen molar-refractivity contribution < 1.29 is 23.9 Å². The summed E-state index contributed by atoms with van der Waals surface area (Å²) in [6.45, 7) is 28.6. The smallest absolute Gasteiger partial charge is 0.302 e. The van der Waals surface area contributed by atoms with Crippen LogP contribution in [0.5, 0.6) is 0 Å². The molecule has 1 saturated carbocycles. The highest BCUT2D eigenvalue weighted by Gasteiger charge is 1.96. The van der Waals surface area contributed by atoms with Crippen molar-refractivity contribution in [2.75, 3.05) is 31.6 Å². The largest absolute Gasteiger partial charge is 0.466 e. The third kappa shape index (κ3) is 235. The molecular weight excluding hydrogens is 979 g/mol. The van der Waals surface area contributed by atoms with Crippen LogP contribution in [-0.4, -0.2) is 58.2 Å². The number of rotatable bonds is 12. The number of nitrogens with zero attached hydrogens (tertiary/aromatic N) is 1. The highest BCUT2D eigenvalue weighted by Crippen LogP contribution is 2.15. The summed E-state index contributed by atoms with van der Waals surface area (Å²) < 4.78 is 8.72. The van der Waals surface area contributed by atoms with Crippen LogP contribution >= 0.6 is 81.2 Å². The minimum absolute atomic E-state index is 0.167. The fourth-order valence-electron chi connectivity index (χ4n) is 3.87. The molecule has 0 radical (unpaired) electrons. The summed E-state index contributed by atoms with van der Waals surface area (Å²) >= 11 is 34.6. The van der Waals surface area contributed by atoms with Crippen LogP contribution in [0.2, 0.25) is 0 Å². The maximum atomic E-state index is 9.82. The van der Waals surface area contributed by atoms with Crippen molar-refractivity contribution in [3.05, 3.63) is 36.4 Å². The van der Waals surface area contributed by atoms with Crippen molar-refractivity contribution in [2.24, 2.45) is 0 Å². The number of carbonyl (C=O) groups is 3. The Hall–Kier alpha value is -0.490. The number of hydrogen-bond acceptors (Lipinski definition) is 6. The number of nitriles is 1. The van der Waals surface area contributed by atoms with Gasteiger partial charge in [-0.3, -0.25) is 4.79 Å². The number of ether oxygens (including phenoxy) is 2. The molecule has 0 bridgehead atoms. The molecule has 1 aromatic carbocycles. The predicted octanol–water partition coefficient (Wildman–Crippen LogP) is 20.9. The van der Waals surface area contributed by atoms with Gasteiger partial charge in [0.1, 0.15) is 16.4 Å². The topological polar surface area (TPSA) is 93.5 Å². The number of halogens is 7. The molecule has 1 aliphatic carbocycles. The number of unbranched alkanes of at least 4 members (excludes halogenated alkanes) is 9. The van der Waals surface area contributed by atoms with Crippen LogP contribution < -0.4 is 0 Å². The number of carbonyl (C=O) groups excluding carboxylic acids is 3. The summed E-state index contributed by atoms with van der Waals surface area (Å²) in [6.07, 6.45) is 30.2. The molecule has 0 spiro atoms. The fraction of sp³-hybridized carbons (Fsp3) is 0.811. The van der Waals surface area contributed by atoms with E-state index in [1.807, 2.05) is 43.3 Å². The van der Waals surface area contributed by atoms with E-state index in [0.29, 0.717) is 24.8 Å². The normalized spacial score (nSPS) is 10.9. The number of esters is 1. The molecule has 0 unspecified atom stereocenters. The molecule has 0 N–H and O–H groups in total. The lowest BCUT2D eigenvalue weighted by atomic mass is 10.0. The van der Waals surface area contributed by atoms with Crippen LogP contribution in [0.25, 0.3) is 0 Å². The Morgan fingerprint density at radius 3 is 0.848 bits per heavy atom. The minimum atomic E-state index is -0.750. The number of alkyl halides is 7. The summed E-state index contributed by atoms with van der Waals surface area (Å²) in [5, 5.41) is 7.32. The molecular formula is C53H104Cl7NO5. The molecule has 13 heteroatoms. The highest BCUT2D eigenvalue weighted by molar-refractivity contribution is 6.63. The van der Waals surface area contributed by atoms with Crippen LogP contribution in [0.15, 0.2) is 36.4 Å². The van der Waals surface area contributed by atoms with Crippen molar-refractivity contribution in [1.29, 1.82) is 5.26 Å². The summed E-state index contributed by atoms with van der Waals surface area (Å²) in [6, 6.07) is 13.8. The molecule has 2 fully saturated rings. The lowest BCUT2D eigenvalue weighted by Crippen LogP contribution is -2.03. The van der Waals surface area contributed by atoms with E-state index in [1.165, 1.54) is 163 Å². The standard InChI is InChI=1S/C7H16.C6H12.C6H6.C6H14.C5H10O.C5H12.C4H8O2.C4H8O.C3H6O.2C2H4Cl2.C2H3N.CHCl3/c1-3-5-7-6-4-2;2*1-2-4-6-5-3-1;1-3-5-6-4-2;1-2-4-6-5-3-1;1-3-5-4-2;1-3-6-4(2)5;1-3-4(2)5;1-3(2)4;1-2(3)4;3-1-2-4;1-2-3;2-1(3)4/h3-7H2,1-2H3;1-6H2;1-6H;3-6H2,1-2H3;1-5H2;3-5H2,1-2H3;3H2,1-2H3;3H2,1-2H3;1-2H3;2H,1H3;1-2H2;1H3;1H. The van der Waals surface area contributed by atoms with Gasteiger partial charge >= 0.3 is 5.97 Å². The molecule has 0 amide bonds. The zero-order valence-electron chi connectivity index (χ0n) is 44.8. The zero-order valence-corrected chi connectivity index (χ0v) is 50.1. The Morgan fingerprint density at radius 1 is 0.545 bits per heavy atom. The third-order valence-corrected chi connectivity index (χ3v) is 7.60. The first-order valence-electron chi connectivity index (χ1n) is 24.6. The van der Waals surface area contributed by atoms with Gasteiger partial charge in [-0.05, 0) is 53.9 Å². The monoisotopic (exact) mass is 1080 g/mol. The predicted molar refractivity (Wildman–Crippen MR) is 303 cm³/mol. The summed E-state index contributed by atoms with van der Waals surface area (Å²) in [7, 11) is 0. The number of benzene rings is 1. The van der Waals surface area contributed by atoms with E-state index in [0.717, 1.165) is 13.2 Å². The van der Waals surface area contributed by atoms with Gasteiger partial charge in [-0.15, -0.1) is 46.4 Å². The quantitative estimate of drug-likeness (QED) is 0.118. The first kappa shape index (κ1) is 88.5. The first-order valence-corrected chi connectivity index (χ1v) is 27.9. The Kier molecular flexibility index (Phi) is 137. The van der Waals surface area contributed by atoms with Gasteiger partial charge < -0.3 is 19.1 Å². The number of Topliss-reactive ketones (excluding diaryl/α,β-unsaturated/α-hetero) is 2. The van der Waals surface area contributed by atoms with E-state index >= 15 is 0 Å². The lowest BCUT2D eigenvalue weighted by molar-refractivity contribution is -0.140. The summed E-state index contributed by atoms with van der Waals surface area (Å²) in [4.78, 5) is 28.9. The SMILES string of the molecule is C1CCCCC1.C1CCOCC1.CC#N.CC(C)=O.CC(Cl)Cl.CCC(C)=O.CCCCC.CCCCCC.CCCCCCC.CCOC(C)=O.ClC(Cl)Cl.ClCCCl.c1ccccc1.